The zero-order valence-electron chi connectivity index (χ0n) is 13.4. The van der Waals surface area contributed by atoms with Gasteiger partial charge in [-0.15, -0.1) is 0 Å². The van der Waals surface area contributed by atoms with Gasteiger partial charge in [-0.3, -0.25) is 0 Å². The van der Waals surface area contributed by atoms with E-state index in [-0.39, 0.29) is 0 Å². The van der Waals surface area contributed by atoms with Gasteiger partial charge in [-0.25, -0.2) is 0 Å². The Morgan fingerprint density at radius 3 is 1.79 bits per heavy atom. The Labute approximate surface area is 119 Å². The molecule has 0 amide bonds. The first-order chi connectivity index (χ1) is 9.11. The predicted molar refractivity (Wildman–Crippen MR) is 82.6 cm³/mol. The minimum Gasteiger partial charge on any atom is -0.307 e. The zero-order valence-corrected chi connectivity index (χ0v) is 13.4. The van der Waals surface area contributed by atoms with E-state index >= 15 is 0 Å². The van der Waals surface area contributed by atoms with Gasteiger partial charge in [0.2, 0.25) is 0 Å². The second kappa shape index (κ2) is 11.4. The van der Waals surface area contributed by atoms with Crippen LogP contribution in [0.25, 0.3) is 0 Å². The van der Waals surface area contributed by atoms with Crippen LogP contribution < -0.4 is 0 Å². The summed E-state index contributed by atoms with van der Waals surface area (Å²) in [6, 6.07) is 0. The second-order valence-corrected chi connectivity index (χ2v) is 5.75. The lowest BCUT2D eigenvalue weighted by Gasteiger charge is -2.29. The first-order valence-corrected chi connectivity index (χ1v) is 7.50. The number of likely N-dealkylation sites (tertiary alicyclic amines) is 1. The van der Waals surface area contributed by atoms with Crippen LogP contribution in [0.5, 0.6) is 0 Å². The lowest BCUT2D eigenvalue weighted by Crippen LogP contribution is -2.42. The Hall–Kier alpha value is -0.450. The Morgan fingerprint density at radius 1 is 1.00 bits per heavy atom. The quantitative estimate of drug-likeness (QED) is 0.721. The van der Waals surface area contributed by atoms with E-state index in [0.29, 0.717) is 0 Å². The number of rotatable bonds is 1. The van der Waals surface area contributed by atoms with Crippen LogP contribution in [0.4, 0.5) is 0 Å². The van der Waals surface area contributed by atoms with E-state index in [2.05, 4.69) is 42.6 Å². The maximum Gasteiger partial charge on any atom is 0.106 e. The summed E-state index contributed by atoms with van der Waals surface area (Å²) >= 11 is 0. The maximum atomic E-state index is 8.00. The predicted octanol–water partition coefficient (Wildman–Crippen LogP) is 1.42. The Balaban J connectivity index is 0.000000303. The summed E-state index contributed by atoms with van der Waals surface area (Å²) in [6.45, 7) is 15.4. The third kappa shape index (κ3) is 9.14. The van der Waals surface area contributed by atoms with Crippen molar-refractivity contribution in [3.05, 3.63) is 0 Å². The molecule has 0 saturated carbocycles. The Morgan fingerprint density at radius 2 is 1.47 bits per heavy atom. The van der Waals surface area contributed by atoms with Crippen molar-refractivity contribution in [2.24, 2.45) is 5.92 Å². The highest BCUT2D eigenvalue weighted by Gasteiger charge is 2.13. The summed E-state index contributed by atoms with van der Waals surface area (Å²) < 4.78 is 0. The number of hydrogen-bond donors (Lipinski definition) is 0. The number of hydrogen-bond acceptors (Lipinski definition) is 4. The second-order valence-electron chi connectivity index (χ2n) is 5.75. The molecule has 4 nitrogen and oxygen atoms in total. The van der Waals surface area contributed by atoms with Crippen LogP contribution >= 0.6 is 0 Å². The van der Waals surface area contributed by atoms with Crippen molar-refractivity contribution in [2.45, 2.75) is 26.7 Å². The molecule has 0 spiro atoms. The molecule has 0 aromatic rings. The molecule has 19 heavy (non-hydrogen) atoms. The van der Waals surface area contributed by atoms with E-state index in [9.17, 15) is 0 Å². The zero-order chi connectivity index (χ0) is 14.7. The van der Waals surface area contributed by atoms with Gasteiger partial charge < -0.3 is 19.5 Å². The topological polar surface area (TPSA) is 26.8 Å². The van der Waals surface area contributed by atoms with Gasteiger partial charge in [0.15, 0.2) is 0 Å². The van der Waals surface area contributed by atoms with Crippen LogP contribution in [0, 0.1) is 5.92 Å². The molecule has 2 heterocycles. The summed E-state index contributed by atoms with van der Waals surface area (Å²) in [5, 5.41) is 0. The summed E-state index contributed by atoms with van der Waals surface area (Å²) in [6.07, 6.45) is 2.85. The van der Waals surface area contributed by atoms with Gasteiger partial charge in [-0.05, 0) is 45.9 Å². The van der Waals surface area contributed by atoms with Crippen LogP contribution in [0.1, 0.15) is 26.7 Å². The van der Waals surface area contributed by atoms with Gasteiger partial charge in [0, 0.05) is 32.7 Å². The van der Waals surface area contributed by atoms with Gasteiger partial charge in [0.05, 0.1) is 0 Å². The SMILES string of the molecule is C=O.CCN1CCCC(C)C1.CN1CCN(C)CC1. The van der Waals surface area contributed by atoms with Crippen LogP contribution in [0.3, 0.4) is 0 Å². The van der Waals surface area contributed by atoms with E-state index in [0.717, 1.165) is 5.92 Å². The van der Waals surface area contributed by atoms with Crippen molar-refractivity contribution in [3.63, 3.8) is 0 Å². The molecule has 1 atom stereocenters. The Kier molecular flexibility index (Phi) is 11.1. The van der Waals surface area contributed by atoms with E-state index in [4.69, 9.17) is 4.79 Å². The standard InChI is InChI=1S/C8H17N.C6H14N2.CH2O/c1-3-9-6-4-5-8(2)7-9;1-7-3-5-8(2)6-4-7;1-2/h8H,3-7H2,1-2H3;3-6H2,1-2H3;1H2. The average molecular weight is 271 g/mol. The molecule has 2 fully saturated rings. The van der Waals surface area contributed by atoms with Crippen molar-refractivity contribution in [3.8, 4) is 0 Å². The summed E-state index contributed by atoms with van der Waals surface area (Å²) in [5.41, 5.74) is 0. The summed E-state index contributed by atoms with van der Waals surface area (Å²) in [5.74, 6) is 0.943. The van der Waals surface area contributed by atoms with E-state index in [1.54, 1.807) is 0 Å². The average Bonchev–Trinajstić information content (AvgIpc) is 2.45. The summed E-state index contributed by atoms with van der Waals surface area (Å²) in [7, 11) is 4.35. The van der Waals surface area contributed by atoms with Crippen LogP contribution in [0.15, 0.2) is 0 Å². The molecule has 4 heteroatoms. The Bertz CT molecular complexity index is 196. The van der Waals surface area contributed by atoms with Gasteiger partial charge >= 0.3 is 0 Å². The molecule has 2 aliphatic rings. The molecule has 0 radical (unpaired) electrons. The number of piperazine rings is 1. The fourth-order valence-electron chi connectivity index (χ4n) is 2.48. The number of nitrogens with zero attached hydrogens (tertiary/aromatic N) is 3. The van der Waals surface area contributed by atoms with Crippen LogP contribution in [-0.4, -0.2) is 81.4 Å². The van der Waals surface area contributed by atoms with Crippen molar-refractivity contribution in [2.75, 3.05) is 59.9 Å². The van der Waals surface area contributed by atoms with Crippen molar-refractivity contribution < 1.29 is 4.79 Å². The molecule has 0 aromatic heterocycles. The highest BCUT2D eigenvalue weighted by molar-refractivity contribution is 5.10. The number of likely N-dealkylation sites (N-methyl/N-ethyl adjacent to an activating group) is 2. The molecule has 114 valence electrons. The third-order valence-electron chi connectivity index (χ3n) is 3.92. The van der Waals surface area contributed by atoms with Gasteiger partial charge in [-0.2, -0.15) is 0 Å². The smallest absolute Gasteiger partial charge is 0.106 e. The molecule has 0 N–H and O–H groups in total. The highest BCUT2D eigenvalue weighted by Crippen LogP contribution is 2.14. The molecule has 2 aliphatic heterocycles. The van der Waals surface area contributed by atoms with E-state index < -0.39 is 0 Å². The molecule has 0 aromatic carbocycles. The number of carbonyl (C=O) groups excluding carboxylic acids is 1. The number of carbonyl (C=O) groups is 1. The van der Waals surface area contributed by atoms with E-state index in [1.165, 1.54) is 58.7 Å². The lowest BCUT2D eigenvalue weighted by atomic mass is 10.0. The molecular formula is C15H33N3O. The van der Waals surface area contributed by atoms with Gasteiger partial charge in [-0.1, -0.05) is 13.8 Å². The first kappa shape index (κ1) is 18.6. The lowest BCUT2D eigenvalue weighted by molar-refractivity contribution is -0.0979. The van der Waals surface area contributed by atoms with Crippen molar-refractivity contribution >= 4 is 6.79 Å². The largest absolute Gasteiger partial charge is 0.307 e. The molecule has 1 unspecified atom stereocenters. The number of piperidine rings is 1. The minimum atomic E-state index is 0.943. The molecule has 2 saturated heterocycles. The molecule has 0 bridgehead atoms. The fraction of sp³-hybridized carbons (Fsp3) is 0.933. The van der Waals surface area contributed by atoms with Gasteiger partial charge in [0.25, 0.3) is 0 Å². The monoisotopic (exact) mass is 271 g/mol. The van der Waals surface area contributed by atoms with Gasteiger partial charge in [0.1, 0.15) is 6.79 Å². The molecule has 2 rings (SSSR count). The van der Waals surface area contributed by atoms with Crippen molar-refractivity contribution in [1.29, 1.82) is 0 Å². The first-order valence-electron chi connectivity index (χ1n) is 7.50. The maximum absolute atomic E-state index is 8.00. The molecular weight excluding hydrogens is 238 g/mol. The minimum absolute atomic E-state index is 0.943. The third-order valence-corrected chi connectivity index (χ3v) is 3.92. The molecule has 0 aliphatic carbocycles. The highest BCUT2D eigenvalue weighted by atomic mass is 16.1. The normalized spacial score (nSPS) is 25.8. The fourth-order valence-corrected chi connectivity index (χ4v) is 2.48. The van der Waals surface area contributed by atoms with Crippen molar-refractivity contribution in [1.82, 2.24) is 14.7 Å². The van der Waals surface area contributed by atoms with Crippen LogP contribution in [0.2, 0.25) is 0 Å². The van der Waals surface area contributed by atoms with Crippen LogP contribution in [-0.2, 0) is 4.79 Å². The summed E-state index contributed by atoms with van der Waals surface area (Å²) in [4.78, 5) is 15.3. The van der Waals surface area contributed by atoms with E-state index in [1.807, 2.05) is 6.79 Å².